The second-order valence-corrected chi connectivity index (χ2v) is 7.03. The number of hydrogen-bond acceptors (Lipinski definition) is 3. The highest BCUT2D eigenvalue weighted by molar-refractivity contribution is 6.31. The second kappa shape index (κ2) is 5.66. The smallest absolute Gasteiger partial charge is 0.0834 e. The molecule has 2 saturated carbocycles. The summed E-state index contributed by atoms with van der Waals surface area (Å²) in [5, 5.41) is 5.15. The highest BCUT2D eigenvalue weighted by Gasteiger charge is 2.54. The lowest BCUT2D eigenvalue weighted by atomic mass is 10.0. The van der Waals surface area contributed by atoms with Gasteiger partial charge in [-0.25, -0.2) is 0 Å². The molecule has 3 atom stereocenters. The van der Waals surface area contributed by atoms with Gasteiger partial charge in [-0.1, -0.05) is 24.4 Å². The van der Waals surface area contributed by atoms with Gasteiger partial charge in [0.1, 0.15) is 0 Å². The highest BCUT2D eigenvalue weighted by atomic mass is 35.5. The van der Waals surface area contributed by atoms with Crippen LogP contribution in [-0.4, -0.2) is 35.3 Å². The molecule has 0 spiro atoms. The first-order chi connectivity index (χ1) is 9.59. The summed E-state index contributed by atoms with van der Waals surface area (Å²) in [6.07, 6.45) is 7.20. The number of aromatic nitrogens is 2. The van der Waals surface area contributed by atoms with Crippen molar-refractivity contribution in [3.05, 3.63) is 16.9 Å². The lowest BCUT2D eigenvalue weighted by Crippen LogP contribution is -2.24. The van der Waals surface area contributed by atoms with Crippen molar-refractivity contribution >= 4 is 11.6 Å². The first-order valence-corrected chi connectivity index (χ1v) is 8.09. The Morgan fingerprint density at radius 2 is 2.05 bits per heavy atom. The molecule has 20 heavy (non-hydrogen) atoms. The summed E-state index contributed by atoms with van der Waals surface area (Å²) in [6, 6.07) is 0.0558. The number of nitrogens with two attached hydrogens (primary N) is 1. The van der Waals surface area contributed by atoms with Gasteiger partial charge in [-0.3, -0.25) is 4.68 Å². The first kappa shape index (κ1) is 14.4. The minimum Gasteiger partial charge on any atom is -0.322 e. The maximum Gasteiger partial charge on any atom is 0.0834 e. The Bertz CT molecular complexity index is 458. The molecule has 2 fully saturated rings. The summed E-state index contributed by atoms with van der Waals surface area (Å²) in [5.41, 5.74) is 7.60. The fourth-order valence-corrected chi connectivity index (χ4v) is 4.21. The van der Waals surface area contributed by atoms with E-state index in [1.165, 1.54) is 25.7 Å². The zero-order chi connectivity index (χ0) is 14.3. The Kier molecular flexibility index (Phi) is 4.07. The molecule has 1 aromatic rings. The molecule has 2 aliphatic carbocycles. The SMILES string of the molecule is CN(C)CCn1ncc(Cl)c1C(N)C1C2CCCCC21. The average molecular weight is 297 g/mol. The minimum absolute atomic E-state index is 0.0558. The highest BCUT2D eigenvalue weighted by Crippen LogP contribution is 2.60. The summed E-state index contributed by atoms with van der Waals surface area (Å²) in [5.74, 6) is 2.31. The van der Waals surface area contributed by atoms with Gasteiger partial charge in [0.2, 0.25) is 0 Å². The van der Waals surface area contributed by atoms with Crippen LogP contribution in [0.3, 0.4) is 0 Å². The van der Waals surface area contributed by atoms with Crippen molar-refractivity contribution in [3.63, 3.8) is 0 Å². The number of hydrogen-bond donors (Lipinski definition) is 1. The van der Waals surface area contributed by atoms with Crippen molar-refractivity contribution in [1.29, 1.82) is 0 Å². The normalized spacial score (nSPS) is 30.4. The molecule has 0 bridgehead atoms. The van der Waals surface area contributed by atoms with E-state index in [1.54, 1.807) is 6.20 Å². The largest absolute Gasteiger partial charge is 0.322 e. The standard InChI is InChI=1S/C15H25ClN4/c1-19(2)7-8-20-15(12(16)9-18-20)14(17)13-10-5-3-4-6-11(10)13/h9-11,13-14H,3-8,17H2,1-2H3. The van der Waals surface area contributed by atoms with Crippen molar-refractivity contribution in [2.45, 2.75) is 38.3 Å². The first-order valence-electron chi connectivity index (χ1n) is 7.71. The number of likely N-dealkylation sites (N-methyl/N-ethyl adjacent to an activating group) is 1. The molecular formula is C15H25ClN4. The van der Waals surface area contributed by atoms with E-state index >= 15 is 0 Å². The van der Waals surface area contributed by atoms with Crippen LogP contribution in [-0.2, 0) is 6.54 Å². The molecule has 0 amide bonds. The number of rotatable bonds is 5. The minimum atomic E-state index is 0.0558. The van der Waals surface area contributed by atoms with E-state index in [1.807, 2.05) is 4.68 Å². The van der Waals surface area contributed by atoms with Crippen molar-refractivity contribution in [2.24, 2.45) is 23.5 Å². The number of halogens is 1. The Morgan fingerprint density at radius 3 is 2.65 bits per heavy atom. The van der Waals surface area contributed by atoms with E-state index < -0.39 is 0 Å². The Morgan fingerprint density at radius 1 is 1.40 bits per heavy atom. The summed E-state index contributed by atoms with van der Waals surface area (Å²) >= 11 is 6.35. The Hall–Kier alpha value is -0.580. The number of nitrogens with zero attached hydrogens (tertiary/aromatic N) is 3. The van der Waals surface area contributed by atoms with Crippen LogP contribution in [0.4, 0.5) is 0 Å². The molecule has 1 heterocycles. The molecule has 4 nitrogen and oxygen atoms in total. The third kappa shape index (κ3) is 2.61. The zero-order valence-electron chi connectivity index (χ0n) is 12.4. The Balaban J connectivity index is 1.74. The molecule has 0 aliphatic heterocycles. The van der Waals surface area contributed by atoms with Crippen LogP contribution in [0.2, 0.25) is 5.02 Å². The Labute approximate surface area is 126 Å². The van der Waals surface area contributed by atoms with Gasteiger partial charge in [-0.15, -0.1) is 0 Å². The molecule has 0 aromatic carbocycles. The summed E-state index contributed by atoms with van der Waals surface area (Å²) in [6.45, 7) is 1.81. The third-order valence-electron chi connectivity index (χ3n) is 5.05. The maximum atomic E-state index is 6.55. The third-order valence-corrected chi connectivity index (χ3v) is 5.34. The lowest BCUT2D eigenvalue weighted by molar-refractivity contribution is 0.363. The van der Waals surface area contributed by atoms with E-state index in [4.69, 9.17) is 17.3 Å². The molecule has 2 N–H and O–H groups in total. The second-order valence-electron chi connectivity index (χ2n) is 6.62. The van der Waals surface area contributed by atoms with E-state index in [-0.39, 0.29) is 6.04 Å². The number of fused-ring (bicyclic) bond motifs is 1. The molecule has 1 aromatic heterocycles. The fraction of sp³-hybridized carbons (Fsp3) is 0.800. The van der Waals surface area contributed by atoms with Gasteiger partial charge in [0.25, 0.3) is 0 Å². The molecule has 3 rings (SSSR count). The molecule has 0 saturated heterocycles. The van der Waals surface area contributed by atoms with Crippen LogP contribution in [0.5, 0.6) is 0 Å². The molecule has 3 unspecified atom stereocenters. The van der Waals surface area contributed by atoms with Crippen molar-refractivity contribution in [3.8, 4) is 0 Å². The van der Waals surface area contributed by atoms with E-state index in [2.05, 4.69) is 24.1 Å². The van der Waals surface area contributed by atoms with Crippen molar-refractivity contribution < 1.29 is 0 Å². The van der Waals surface area contributed by atoms with E-state index in [9.17, 15) is 0 Å². The molecule has 0 radical (unpaired) electrons. The van der Waals surface area contributed by atoms with Crippen LogP contribution in [0.1, 0.15) is 37.4 Å². The van der Waals surface area contributed by atoms with E-state index in [0.29, 0.717) is 5.92 Å². The monoisotopic (exact) mass is 296 g/mol. The van der Waals surface area contributed by atoms with Crippen LogP contribution in [0.25, 0.3) is 0 Å². The quantitative estimate of drug-likeness (QED) is 0.908. The summed E-state index contributed by atoms with van der Waals surface area (Å²) in [7, 11) is 4.14. The maximum absolute atomic E-state index is 6.55. The van der Waals surface area contributed by atoms with Crippen LogP contribution in [0, 0.1) is 17.8 Å². The van der Waals surface area contributed by atoms with E-state index in [0.717, 1.165) is 35.6 Å². The van der Waals surface area contributed by atoms with Crippen LogP contribution >= 0.6 is 11.6 Å². The topological polar surface area (TPSA) is 47.1 Å². The van der Waals surface area contributed by atoms with Crippen LogP contribution in [0.15, 0.2) is 6.20 Å². The molecule has 5 heteroatoms. The predicted octanol–water partition coefficient (Wildman–Crippen LogP) is 2.53. The van der Waals surface area contributed by atoms with Gasteiger partial charge in [0.15, 0.2) is 0 Å². The fourth-order valence-electron chi connectivity index (χ4n) is 3.94. The van der Waals surface area contributed by atoms with Gasteiger partial charge in [-0.05, 0) is 44.7 Å². The van der Waals surface area contributed by atoms with Gasteiger partial charge in [0.05, 0.1) is 29.5 Å². The summed E-state index contributed by atoms with van der Waals surface area (Å²) in [4.78, 5) is 2.15. The molecule has 112 valence electrons. The lowest BCUT2D eigenvalue weighted by Gasteiger charge is -2.17. The van der Waals surface area contributed by atoms with Crippen LogP contribution < -0.4 is 5.73 Å². The van der Waals surface area contributed by atoms with Gasteiger partial charge < -0.3 is 10.6 Å². The molecular weight excluding hydrogens is 272 g/mol. The van der Waals surface area contributed by atoms with Gasteiger partial charge in [0, 0.05) is 6.54 Å². The summed E-state index contributed by atoms with van der Waals surface area (Å²) < 4.78 is 2.01. The molecule has 2 aliphatic rings. The predicted molar refractivity (Wildman–Crippen MR) is 81.7 cm³/mol. The average Bonchev–Trinajstić information content (AvgIpc) is 3.04. The van der Waals surface area contributed by atoms with Crippen molar-refractivity contribution in [1.82, 2.24) is 14.7 Å². The van der Waals surface area contributed by atoms with Gasteiger partial charge in [-0.2, -0.15) is 5.10 Å². The zero-order valence-corrected chi connectivity index (χ0v) is 13.2. The van der Waals surface area contributed by atoms with Gasteiger partial charge >= 0.3 is 0 Å². The van der Waals surface area contributed by atoms with Crippen molar-refractivity contribution in [2.75, 3.05) is 20.6 Å².